The highest BCUT2D eigenvalue weighted by molar-refractivity contribution is 6.09. The standard InChI is InChI=1S/C29H25N3O/c1-29(2,32-19-18-31(20-32)21-10-4-3-5-11-21)27-17-9-15-25(30-27)24-14-8-13-23-22-12-6-7-16-26(22)33-28(23)24/h3-19H,20H2,1-2H3. The Morgan fingerprint density at radius 3 is 2.39 bits per heavy atom. The lowest BCUT2D eigenvalue weighted by Gasteiger charge is -2.36. The zero-order valence-electron chi connectivity index (χ0n) is 18.8. The first kappa shape index (κ1) is 19.6. The van der Waals surface area contributed by atoms with Crippen LogP contribution in [-0.4, -0.2) is 16.6 Å². The summed E-state index contributed by atoms with van der Waals surface area (Å²) in [5.41, 5.74) is 5.66. The van der Waals surface area contributed by atoms with Crippen LogP contribution in [0.25, 0.3) is 33.2 Å². The molecule has 0 saturated carbocycles. The van der Waals surface area contributed by atoms with Crippen LogP contribution in [0.3, 0.4) is 0 Å². The van der Waals surface area contributed by atoms with Crippen LogP contribution in [0.15, 0.2) is 108 Å². The number of rotatable bonds is 4. The molecule has 0 aliphatic carbocycles. The van der Waals surface area contributed by atoms with Crippen molar-refractivity contribution >= 4 is 27.6 Å². The summed E-state index contributed by atoms with van der Waals surface area (Å²) in [6.07, 6.45) is 4.29. The first-order chi connectivity index (χ1) is 16.1. The molecule has 2 aromatic heterocycles. The highest BCUT2D eigenvalue weighted by Gasteiger charge is 2.32. The first-order valence-electron chi connectivity index (χ1n) is 11.3. The van der Waals surface area contributed by atoms with Crippen molar-refractivity contribution in [1.82, 2.24) is 9.88 Å². The van der Waals surface area contributed by atoms with E-state index in [0.717, 1.165) is 45.6 Å². The van der Waals surface area contributed by atoms with Crippen molar-refractivity contribution in [2.75, 3.05) is 11.6 Å². The molecule has 0 fully saturated rings. The summed E-state index contributed by atoms with van der Waals surface area (Å²) in [7, 11) is 0. The summed E-state index contributed by atoms with van der Waals surface area (Å²) in [4.78, 5) is 9.70. The second-order valence-electron chi connectivity index (χ2n) is 8.96. The minimum Gasteiger partial charge on any atom is -0.455 e. The number of aromatic nitrogens is 1. The van der Waals surface area contributed by atoms with E-state index in [0.29, 0.717) is 0 Å². The van der Waals surface area contributed by atoms with Gasteiger partial charge in [-0.3, -0.25) is 4.98 Å². The molecule has 1 aliphatic heterocycles. The van der Waals surface area contributed by atoms with Gasteiger partial charge in [0.25, 0.3) is 0 Å². The fourth-order valence-corrected chi connectivity index (χ4v) is 4.59. The monoisotopic (exact) mass is 431 g/mol. The van der Waals surface area contributed by atoms with Crippen LogP contribution in [0.2, 0.25) is 0 Å². The molecule has 0 N–H and O–H groups in total. The smallest absolute Gasteiger partial charge is 0.144 e. The lowest BCUT2D eigenvalue weighted by Crippen LogP contribution is -2.40. The summed E-state index contributed by atoms with van der Waals surface area (Å²) in [6.45, 7) is 5.22. The Labute approximate surface area is 193 Å². The van der Waals surface area contributed by atoms with Gasteiger partial charge in [0.05, 0.1) is 23.6 Å². The summed E-state index contributed by atoms with van der Waals surface area (Å²) in [5, 5.41) is 2.25. The average molecular weight is 432 g/mol. The predicted molar refractivity (Wildman–Crippen MR) is 135 cm³/mol. The molecule has 0 bridgehead atoms. The molecule has 162 valence electrons. The maximum Gasteiger partial charge on any atom is 0.144 e. The van der Waals surface area contributed by atoms with E-state index in [-0.39, 0.29) is 5.54 Å². The number of pyridine rings is 1. The van der Waals surface area contributed by atoms with Crippen LogP contribution in [0.4, 0.5) is 5.69 Å². The summed E-state index contributed by atoms with van der Waals surface area (Å²) in [5.74, 6) is 0. The van der Waals surface area contributed by atoms with Crippen molar-refractivity contribution in [3.63, 3.8) is 0 Å². The van der Waals surface area contributed by atoms with E-state index >= 15 is 0 Å². The van der Waals surface area contributed by atoms with Gasteiger partial charge in [-0.2, -0.15) is 0 Å². The van der Waals surface area contributed by atoms with Crippen LogP contribution in [-0.2, 0) is 5.54 Å². The van der Waals surface area contributed by atoms with Gasteiger partial charge in [-0.25, -0.2) is 0 Å². The quantitative estimate of drug-likeness (QED) is 0.303. The zero-order valence-corrected chi connectivity index (χ0v) is 18.8. The van der Waals surface area contributed by atoms with Crippen molar-refractivity contribution in [2.24, 2.45) is 0 Å². The molecule has 0 radical (unpaired) electrons. The van der Waals surface area contributed by atoms with Crippen molar-refractivity contribution in [2.45, 2.75) is 19.4 Å². The topological polar surface area (TPSA) is 32.5 Å². The maximum atomic E-state index is 6.26. The number of nitrogens with zero attached hydrogens (tertiary/aromatic N) is 3. The van der Waals surface area contributed by atoms with Gasteiger partial charge in [-0.05, 0) is 50.2 Å². The average Bonchev–Trinajstić information content (AvgIpc) is 3.50. The van der Waals surface area contributed by atoms with E-state index in [4.69, 9.17) is 9.40 Å². The fourth-order valence-electron chi connectivity index (χ4n) is 4.59. The van der Waals surface area contributed by atoms with Crippen LogP contribution >= 0.6 is 0 Å². The second-order valence-corrected chi connectivity index (χ2v) is 8.96. The Balaban J connectivity index is 1.36. The third-order valence-corrected chi connectivity index (χ3v) is 6.59. The van der Waals surface area contributed by atoms with Crippen molar-refractivity contribution in [3.8, 4) is 11.3 Å². The minimum atomic E-state index is -0.280. The number of fused-ring (bicyclic) bond motifs is 3. The van der Waals surface area contributed by atoms with E-state index in [1.54, 1.807) is 0 Å². The molecular weight excluding hydrogens is 406 g/mol. The van der Waals surface area contributed by atoms with Gasteiger partial charge in [0, 0.05) is 34.4 Å². The highest BCUT2D eigenvalue weighted by Crippen LogP contribution is 2.37. The number of anilines is 1. The Hall–Kier alpha value is -4.05. The third-order valence-electron chi connectivity index (χ3n) is 6.59. The van der Waals surface area contributed by atoms with Crippen LogP contribution < -0.4 is 4.90 Å². The van der Waals surface area contributed by atoms with Crippen molar-refractivity contribution in [3.05, 3.63) is 109 Å². The Bertz CT molecular complexity index is 1480. The third kappa shape index (κ3) is 3.26. The Morgan fingerprint density at radius 1 is 0.758 bits per heavy atom. The Morgan fingerprint density at radius 2 is 1.52 bits per heavy atom. The predicted octanol–water partition coefficient (Wildman–Crippen LogP) is 7.13. The van der Waals surface area contributed by atoms with E-state index in [1.165, 1.54) is 5.69 Å². The summed E-state index contributed by atoms with van der Waals surface area (Å²) < 4.78 is 6.26. The van der Waals surface area contributed by atoms with Crippen molar-refractivity contribution < 1.29 is 4.42 Å². The van der Waals surface area contributed by atoms with E-state index in [9.17, 15) is 0 Å². The van der Waals surface area contributed by atoms with Crippen LogP contribution in [0, 0.1) is 0 Å². The number of hydrogen-bond acceptors (Lipinski definition) is 4. The molecule has 4 nitrogen and oxygen atoms in total. The number of benzene rings is 3. The van der Waals surface area contributed by atoms with Gasteiger partial charge in [0.1, 0.15) is 11.2 Å². The molecule has 0 saturated heterocycles. The lowest BCUT2D eigenvalue weighted by atomic mass is 9.97. The van der Waals surface area contributed by atoms with Gasteiger partial charge < -0.3 is 14.2 Å². The van der Waals surface area contributed by atoms with Gasteiger partial charge in [-0.1, -0.05) is 54.6 Å². The number of para-hydroxylation sites is 3. The first-order valence-corrected chi connectivity index (χ1v) is 11.3. The molecule has 33 heavy (non-hydrogen) atoms. The molecule has 1 aliphatic rings. The maximum absolute atomic E-state index is 6.26. The minimum absolute atomic E-state index is 0.280. The summed E-state index contributed by atoms with van der Waals surface area (Å²) in [6, 6.07) is 31.2. The molecule has 3 aromatic carbocycles. The molecule has 3 heterocycles. The molecule has 4 heteroatoms. The van der Waals surface area contributed by atoms with Crippen molar-refractivity contribution in [1.29, 1.82) is 0 Å². The van der Waals surface area contributed by atoms with Crippen LogP contribution in [0.5, 0.6) is 0 Å². The van der Waals surface area contributed by atoms with Gasteiger partial charge >= 0.3 is 0 Å². The molecular formula is C29H25N3O. The number of furan rings is 1. The number of hydrogen-bond donors (Lipinski definition) is 0. The zero-order chi connectivity index (χ0) is 22.4. The van der Waals surface area contributed by atoms with E-state index < -0.39 is 0 Å². The van der Waals surface area contributed by atoms with Crippen LogP contribution in [0.1, 0.15) is 19.5 Å². The molecule has 0 atom stereocenters. The Kier molecular flexibility index (Phi) is 4.47. The lowest BCUT2D eigenvalue weighted by molar-refractivity contribution is 0.196. The molecule has 5 aromatic rings. The highest BCUT2D eigenvalue weighted by atomic mass is 16.3. The van der Waals surface area contributed by atoms with E-state index in [2.05, 4.69) is 103 Å². The van der Waals surface area contributed by atoms with E-state index in [1.807, 2.05) is 24.3 Å². The second kappa shape index (κ2) is 7.52. The summed E-state index contributed by atoms with van der Waals surface area (Å²) >= 11 is 0. The molecule has 0 amide bonds. The molecule has 0 unspecified atom stereocenters. The van der Waals surface area contributed by atoms with Gasteiger partial charge in [-0.15, -0.1) is 0 Å². The van der Waals surface area contributed by atoms with Gasteiger partial charge in [0.15, 0.2) is 0 Å². The van der Waals surface area contributed by atoms with Gasteiger partial charge in [0.2, 0.25) is 0 Å². The fraction of sp³-hybridized carbons (Fsp3) is 0.138. The normalized spacial score (nSPS) is 14.0. The SMILES string of the molecule is CC(C)(c1cccc(-c2cccc3c2oc2ccccc23)n1)N1C=CN(c2ccccc2)C1. The molecule has 6 rings (SSSR count). The molecule has 0 spiro atoms. The largest absolute Gasteiger partial charge is 0.455 e.